The fraction of sp³-hybridized carbons (Fsp3) is 0.733. The number of nitrogens with zero attached hydrogens (tertiary/aromatic N) is 2. The van der Waals surface area contributed by atoms with E-state index >= 15 is 0 Å². The van der Waals surface area contributed by atoms with Crippen LogP contribution in [0.25, 0.3) is 0 Å². The molecule has 104 valence electrons. The molecule has 1 aliphatic carbocycles. The quantitative estimate of drug-likeness (QED) is 0.904. The summed E-state index contributed by atoms with van der Waals surface area (Å²) in [6.07, 6.45) is 11.3. The molecule has 0 aromatic carbocycles. The summed E-state index contributed by atoms with van der Waals surface area (Å²) in [4.78, 5) is 8.92. The molecule has 1 aromatic heterocycles. The Kier molecular flexibility index (Phi) is 4.28. The van der Waals surface area contributed by atoms with Crippen LogP contribution in [-0.4, -0.2) is 29.7 Å². The maximum Gasteiger partial charge on any atom is 0.232 e. The predicted molar refractivity (Wildman–Crippen MR) is 74.3 cm³/mol. The molecule has 4 nitrogen and oxygen atoms in total. The summed E-state index contributed by atoms with van der Waals surface area (Å²) < 4.78 is 5.83. The van der Waals surface area contributed by atoms with Crippen molar-refractivity contribution in [3.8, 4) is 5.88 Å². The first-order valence-corrected chi connectivity index (χ1v) is 7.57. The summed E-state index contributed by atoms with van der Waals surface area (Å²) in [5.74, 6) is 1.92. The van der Waals surface area contributed by atoms with E-state index in [4.69, 9.17) is 4.74 Å². The van der Waals surface area contributed by atoms with Crippen LogP contribution >= 0.6 is 0 Å². The molecule has 2 heterocycles. The number of ether oxygens (including phenoxy) is 1. The zero-order valence-electron chi connectivity index (χ0n) is 11.5. The van der Waals surface area contributed by atoms with Gasteiger partial charge < -0.3 is 10.1 Å². The molecule has 1 saturated heterocycles. The zero-order valence-corrected chi connectivity index (χ0v) is 11.5. The minimum Gasteiger partial charge on any atom is -0.476 e. The fourth-order valence-electron chi connectivity index (χ4n) is 3.12. The molecule has 1 saturated carbocycles. The lowest BCUT2D eigenvalue weighted by Crippen LogP contribution is -2.33. The summed E-state index contributed by atoms with van der Waals surface area (Å²) in [6, 6.07) is 0. The second-order valence-corrected chi connectivity index (χ2v) is 5.79. The third kappa shape index (κ3) is 3.44. The van der Waals surface area contributed by atoms with Crippen molar-refractivity contribution in [1.29, 1.82) is 0 Å². The average Bonchev–Trinajstić information content (AvgIpc) is 3.01. The SMILES string of the molecule is c1ncc(C2CCCC2)nc1OCC1CCCNC1. The van der Waals surface area contributed by atoms with E-state index in [1.54, 1.807) is 6.20 Å². The molecule has 19 heavy (non-hydrogen) atoms. The molecule has 0 radical (unpaired) electrons. The Morgan fingerprint density at radius 3 is 2.84 bits per heavy atom. The van der Waals surface area contributed by atoms with E-state index in [2.05, 4.69) is 15.3 Å². The third-order valence-electron chi connectivity index (χ3n) is 4.27. The highest BCUT2D eigenvalue weighted by Gasteiger charge is 2.19. The molecule has 2 aliphatic rings. The van der Waals surface area contributed by atoms with Gasteiger partial charge in [-0.3, -0.25) is 4.98 Å². The Morgan fingerprint density at radius 2 is 2.05 bits per heavy atom. The molecular weight excluding hydrogens is 238 g/mol. The van der Waals surface area contributed by atoms with E-state index in [1.165, 1.54) is 38.5 Å². The van der Waals surface area contributed by atoms with Gasteiger partial charge in [0.05, 0.1) is 18.5 Å². The van der Waals surface area contributed by atoms with Gasteiger partial charge in [0, 0.05) is 24.6 Å². The van der Waals surface area contributed by atoms with Gasteiger partial charge in [-0.25, -0.2) is 4.98 Å². The van der Waals surface area contributed by atoms with E-state index in [-0.39, 0.29) is 0 Å². The highest BCUT2D eigenvalue weighted by atomic mass is 16.5. The molecule has 1 aromatic rings. The summed E-state index contributed by atoms with van der Waals surface area (Å²) in [7, 11) is 0. The summed E-state index contributed by atoms with van der Waals surface area (Å²) in [5, 5.41) is 3.41. The van der Waals surface area contributed by atoms with Gasteiger partial charge in [0.15, 0.2) is 0 Å². The van der Waals surface area contributed by atoms with Crippen molar-refractivity contribution in [1.82, 2.24) is 15.3 Å². The van der Waals surface area contributed by atoms with Crippen LogP contribution < -0.4 is 10.1 Å². The third-order valence-corrected chi connectivity index (χ3v) is 4.27. The summed E-state index contributed by atoms with van der Waals surface area (Å²) in [6.45, 7) is 2.97. The van der Waals surface area contributed by atoms with E-state index in [9.17, 15) is 0 Å². The Hall–Kier alpha value is -1.16. The maximum atomic E-state index is 5.83. The van der Waals surface area contributed by atoms with Crippen molar-refractivity contribution < 1.29 is 4.74 Å². The zero-order chi connectivity index (χ0) is 12.9. The van der Waals surface area contributed by atoms with Crippen molar-refractivity contribution >= 4 is 0 Å². The number of hydrogen-bond donors (Lipinski definition) is 1. The Morgan fingerprint density at radius 1 is 1.16 bits per heavy atom. The van der Waals surface area contributed by atoms with Gasteiger partial charge in [-0.2, -0.15) is 0 Å². The van der Waals surface area contributed by atoms with Gasteiger partial charge in [-0.15, -0.1) is 0 Å². The molecule has 2 fully saturated rings. The lowest BCUT2D eigenvalue weighted by Gasteiger charge is -2.22. The fourth-order valence-corrected chi connectivity index (χ4v) is 3.12. The number of aromatic nitrogens is 2. The molecule has 1 atom stereocenters. The molecule has 1 aliphatic heterocycles. The van der Waals surface area contributed by atoms with Crippen molar-refractivity contribution in [2.45, 2.75) is 44.4 Å². The maximum absolute atomic E-state index is 5.83. The molecule has 3 rings (SSSR count). The summed E-state index contributed by atoms with van der Waals surface area (Å²) >= 11 is 0. The standard InChI is InChI=1S/C15H23N3O/c1-2-6-13(5-1)14-9-17-10-15(18-14)19-11-12-4-3-7-16-8-12/h9-10,12-13,16H,1-8,11H2. The van der Waals surface area contributed by atoms with Crippen LogP contribution in [0.4, 0.5) is 0 Å². The summed E-state index contributed by atoms with van der Waals surface area (Å²) in [5.41, 5.74) is 1.12. The van der Waals surface area contributed by atoms with Gasteiger partial charge in [0.1, 0.15) is 0 Å². The van der Waals surface area contributed by atoms with Crippen LogP contribution in [0.2, 0.25) is 0 Å². The van der Waals surface area contributed by atoms with Crippen molar-refractivity contribution in [3.05, 3.63) is 18.1 Å². The Balaban J connectivity index is 1.56. The first-order valence-electron chi connectivity index (χ1n) is 7.57. The van der Waals surface area contributed by atoms with E-state index in [0.29, 0.717) is 17.7 Å². The van der Waals surface area contributed by atoms with Gasteiger partial charge in [0.25, 0.3) is 0 Å². The first-order chi connectivity index (χ1) is 9.42. The van der Waals surface area contributed by atoms with Crippen LogP contribution in [-0.2, 0) is 0 Å². The monoisotopic (exact) mass is 261 g/mol. The highest BCUT2D eigenvalue weighted by molar-refractivity contribution is 5.13. The van der Waals surface area contributed by atoms with Gasteiger partial charge in [0.2, 0.25) is 5.88 Å². The molecule has 0 spiro atoms. The average molecular weight is 261 g/mol. The smallest absolute Gasteiger partial charge is 0.232 e. The molecule has 0 amide bonds. The molecule has 1 unspecified atom stereocenters. The lowest BCUT2D eigenvalue weighted by molar-refractivity contribution is 0.211. The Bertz CT molecular complexity index is 398. The lowest BCUT2D eigenvalue weighted by atomic mass is 10.0. The second-order valence-electron chi connectivity index (χ2n) is 5.79. The largest absolute Gasteiger partial charge is 0.476 e. The van der Waals surface area contributed by atoms with Crippen LogP contribution in [0.3, 0.4) is 0 Å². The van der Waals surface area contributed by atoms with Crippen molar-refractivity contribution in [2.75, 3.05) is 19.7 Å². The van der Waals surface area contributed by atoms with Crippen LogP contribution in [0, 0.1) is 5.92 Å². The molecule has 4 heteroatoms. The topological polar surface area (TPSA) is 47.0 Å². The van der Waals surface area contributed by atoms with Gasteiger partial charge in [-0.05, 0) is 32.2 Å². The minimum absolute atomic E-state index is 0.604. The molecule has 0 bridgehead atoms. The number of rotatable bonds is 4. The van der Waals surface area contributed by atoms with Gasteiger partial charge >= 0.3 is 0 Å². The number of hydrogen-bond acceptors (Lipinski definition) is 4. The number of nitrogens with one attached hydrogen (secondary N) is 1. The second kappa shape index (κ2) is 6.33. The van der Waals surface area contributed by atoms with Crippen LogP contribution in [0.1, 0.15) is 50.1 Å². The van der Waals surface area contributed by atoms with Gasteiger partial charge in [-0.1, -0.05) is 12.8 Å². The molecule has 1 N–H and O–H groups in total. The predicted octanol–water partition coefficient (Wildman–Crippen LogP) is 2.51. The van der Waals surface area contributed by atoms with Crippen LogP contribution in [0.15, 0.2) is 12.4 Å². The van der Waals surface area contributed by atoms with E-state index < -0.39 is 0 Å². The van der Waals surface area contributed by atoms with E-state index in [1.807, 2.05) is 6.20 Å². The first kappa shape index (κ1) is 12.9. The molecular formula is C15H23N3O. The van der Waals surface area contributed by atoms with Crippen molar-refractivity contribution in [2.24, 2.45) is 5.92 Å². The number of piperidine rings is 1. The van der Waals surface area contributed by atoms with E-state index in [0.717, 1.165) is 25.4 Å². The van der Waals surface area contributed by atoms with Crippen LogP contribution in [0.5, 0.6) is 5.88 Å². The minimum atomic E-state index is 0.604. The highest BCUT2D eigenvalue weighted by Crippen LogP contribution is 2.33. The Labute approximate surface area is 115 Å². The van der Waals surface area contributed by atoms with Crippen molar-refractivity contribution in [3.63, 3.8) is 0 Å². The normalized spacial score (nSPS) is 24.5.